The maximum atomic E-state index is 11.2. The lowest BCUT2D eigenvalue weighted by Crippen LogP contribution is -2.51. The molecule has 6 atom stereocenters. The molecular formula is C15H21IO4. The second-order valence-electron chi connectivity index (χ2n) is 5.86. The number of alkyl halides is 1. The molecule has 4 aliphatic rings. The molecule has 0 amide bonds. The lowest BCUT2D eigenvalue weighted by atomic mass is 9.59. The Bertz CT molecular complexity index is 397. The van der Waals surface area contributed by atoms with E-state index < -0.39 is 0 Å². The lowest BCUT2D eigenvalue weighted by molar-refractivity contribution is -0.137. The fourth-order valence-corrected chi connectivity index (χ4v) is 5.76. The van der Waals surface area contributed by atoms with Crippen LogP contribution >= 0.6 is 22.6 Å². The summed E-state index contributed by atoms with van der Waals surface area (Å²) in [5, 5.41) is 0. The number of hydrogen-bond donors (Lipinski definition) is 0. The minimum Gasteiger partial charge on any atom is -0.501 e. The van der Waals surface area contributed by atoms with Crippen LogP contribution in [0.3, 0.4) is 0 Å². The zero-order chi connectivity index (χ0) is 14.1. The van der Waals surface area contributed by atoms with Gasteiger partial charge in [0, 0.05) is 9.84 Å². The summed E-state index contributed by atoms with van der Waals surface area (Å²) in [4.78, 5) is 11.2. The molecule has 0 aromatic carbocycles. The Morgan fingerprint density at radius 2 is 2.15 bits per heavy atom. The summed E-state index contributed by atoms with van der Waals surface area (Å²) in [5.74, 6) is 2.31. The van der Waals surface area contributed by atoms with Crippen LogP contribution in [-0.4, -0.2) is 35.8 Å². The van der Waals surface area contributed by atoms with Crippen LogP contribution in [0.5, 0.6) is 0 Å². The highest BCUT2D eigenvalue weighted by atomic mass is 127. The van der Waals surface area contributed by atoms with E-state index in [-0.39, 0.29) is 5.97 Å². The molecule has 112 valence electrons. The van der Waals surface area contributed by atoms with Crippen molar-refractivity contribution in [3.8, 4) is 0 Å². The van der Waals surface area contributed by atoms with Gasteiger partial charge in [0.2, 0.25) is 0 Å². The molecule has 0 aromatic heterocycles. The Labute approximate surface area is 133 Å². The number of halogens is 1. The number of fused-ring (bicyclic) bond motifs is 1. The van der Waals surface area contributed by atoms with E-state index in [1.165, 1.54) is 25.2 Å². The molecule has 0 spiro atoms. The van der Waals surface area contributed by atoms with E-state index in [0.717, 1.165) is 12.5 Å². The van der Waals surface area contributed by atoms with Crippen LogP contribution < -0.4 is 0 Å². The second-order valence-corrected chi connectivity index (χ2v) is 7.30. The summed E-state index contributed by atoms with van der Waals surface area (Å²) in [5.41, 5.74) is 0. The van der Waals surface area contributed by atoms with Crippen LogP contribution in [0.2, 0.25) is 0 Å². The van der Waals surface area contributed by atoms with Crippen LogP contribution in [0.1, 0.15) is 19.8 Å². The van der Waals surface area contributed by atoms with Crippen LogP contribution in [0.4, 0.5) is 0 Å². The molecule has 3 saturated carbocycles. The fourth-order valence-electron chi connectivity index (χ4n) is 4.12. The van der Waals surface area contributed by atoms with Gasteiger partial charge in [0.05, 0.1) is 38.3 Å². The highest BCUT2D eigenvalue weighted by Gasteiger charge is 2.57. The quantitative estimate of drug-likeness (QED) is 0.237. The van der Waals surface area contributed by atoms with E-state index in [4.69, 9.17) is 14.2 Å². The molecule has 3 aliphatic carbocycles. The van der Waals surface area contributed by atoms with Crippen molar-refractivity contribution in [3.05, 3.63) is 12.3 Å². The first-order chi connectivity index (χ1) is 9.72. The summed E-state index contributed by atoms with van der Waals surface area (Å²) in [7, 11) is 0. The molecule has 4 nitrogen and oxygen atoms in total. The number of carbonyl (C=O) groups excluding carboxylic acids is 1. The standard InChI is InChI=1S/C15H21IO4/c1-2-19-13(17)5-6-18-7-11-9-3-4-10-12(11)8-20-15(10)14(9)16/h5-6,9-12,14-15H,2-4,7-8H2,1H3/b6-5+/t9-,10+,11-,12+,14-,15-/m0/s1. The van der Waals surface area contributed by atoms with E-state index >= 15 is 0 Å². The zero-order valence-electron chi connectivity index (χ0n) is 11.7. The van der Waals surface area contributed by atoms with Crippen molar-refractivity contribution in [1.82, 2.24) is 0 Å². The molecule has 4 fully saturated rings. The predicted octanol–water partition coefficient (Wildman–Crippen LogP) is 2.55. The third-order valence-corrected chi connectivity index (χ3v) is 6.62. The van der Waals surface area contributed by atoms with Gasteiger partial charge >= 0.3 is 5.97 Å². The van der Waals surface area contributed by atoms with Crippen molar-refractivity contribution in [1.29, 1.82) is 0 Å². The summed E-state index contributed by atoms with van der Waals surface area (Å²) < 4.78 is 17.0. The lowest BCUT2D eigenvalue weighted by Gasteiger charge is -2.49. The molecule has 1 heterocycles. The third-order valence-electron chi connectivity index (χ3n) is 4.98. The largest absolute Gasteiger partial charge is 0.501 e. The van der Waals surface area contributed by atoms with Crippen molar-refractivity contribution in [2.24, 2.45) is 23.7 Å². The second kappa shape index (κ2) is 6.22. The Hall–Kier alpha value is -0.300. The molecule has 0 unspecified atom stereocenters. The van der Waals surface area contributed by atoms with Crippen LogP contribution in [0, 0.1) is 23.7 Å². The van der Waals surface area contributed by atoms with E-state index in [0.29, 0.717) is 41.0 Å². The zero-order valence-corrected chi connectivity index (χ0v) is 13.8. The van der Waals surface area contributed by atoms with Gasteiger partial charge in [0.15, 0.2) is 0 Å². The van der Waals surface area contributed by atoms with Gasteiger partial charge < -0.3 is 14.2 Å². The number of carbonyl (C=O) groups is 1. The van der Waals surface area contributed by atoms with Gasteiger partial charge in [0.1, 0.15) is 0 Å². The molecule has 0 N–H and O–H groups in total. The van der Waals surface area contributed by atoms with E-state index in [2.05, 4.69) is 22.6 Å². The van der Waals surface area contributed by atoms with Crippen molar-refractivity contribution in [3.63, 3.8) is 0 Å². The third kappa shape index (κ3) is 2.58. The Balaban J connectivity index is 1.54. The smallest absolute Gasteiger partial charge is 0.333 e. The van der Waals surface area contributed by atoms with Crippen LogP contribution in [0.15, 0.2) is 12.3 Å². The minimum absolute atomic E-state index is 0.339. The number of rotatable bonds is 5. The summed E-state index contributed by atoms with van der Waals surface area (Å²) in [6.07, 6.45) is 5.93. The minimum atomic E-state index is -0.339. The first-order valence-electron chi connectivity index (χ1n) is 7.43. The molecule has 1 saturated heterocycles. The van der Waals surface area contributed by atoms with Gasteiger partial charge in [-0.15, -0.1) is 0 Å². The maximum absolute atomic E-state index is 11.2. The summed E-state index contributed by atoms with van der Waals surface area (Å²) in [6, 6.07) is 0. The first-order valence-corrected chi connectivity index (χ1v) is 8.67. The van der Waals surface area contributed by atoms with Crippen molar-refractivity contribution in [2.45, 2.75) is 29.8 Å². The fraction of sp³-hybridized carbons (Fsp3) is 0.800. The molecule has 0 radical (unpaired) electrons. The average molecular weight is 392 g/mol. The Morgan fingerprint density at radius 3 is 2.95 bits per heavy atom. The number of esters is 1. The highest BCUT2D eigenvalue weighted by Crippen LogP contribution is 2.56. The van der Waals surface area contributed by atoms with Crippen LogP contribution in [-0.2, 0) is 19.0 Å². The van der Waals surface area contributed by atoms with Crippen molar-refractivity contribution < 1.29 is 19.0 Å². The van der Waals surface area contributed by atoms with E-state index in [1.807, 2.05) is 0 Å². The average Bonchev–Trinajstić information content (AvgIpc) is 2.83. The molecule has 1 aliphatic heterocycles. The van der Waals surface area contributed by atoms with Crippen molar-refractivity contribution in [2.75, 3.05) is 19.8 Å². The Kier molecular flexibility index (Phi) is 4.55. The van der Waals surface area contributed by atoms with E-state index in [1.54, 1.807) is 6.92 Å². The molecule has 4 bridgehead atoms. The molecule has 4 rings (SSSR count). The number of hydrogen-bond acceptors (Lipinski definition) is 4. The normalized spacial score (nSPS) is 42.1. The SMILES string of the molecule is CCOC(=O)/C=C/OC[C@@H]1[C@@H]2CO[C@@H]3[C@@H](I)[C@H]1CC[C@H]23. The molecule has 20 heavy (non-hydrogen) atoms. The van der Waals surface area contributed by atoms with Crippen LogP contribution in [0.25, 0.3) is 0 Å². The Morgan fingerprint density at radius 1 is 1.35 bits per heavy atom. The predicted molar refractivity (Wildman–Crippen MR) is 82.5 cm³/mol. The maximum Gasteiger partial charge on any atom is 0.333 e. The summed E-state index contributed by atoms with van der Waals surface area (Å²) >= 11 is 2.56. The first kappa shape index (κ1) is 14.6. The van der Waals surface area contributed by atoms with Gasteiger partial charge in [0.25, 0.3) is 0 Å². The van der Waals surface area contributed by atoms with Gasteiger partial charge in [-0.2, -0.15) is 0 Å². The molecule has 5 heteroatoms. The van der Waals surface area contributed by atoms with Crippen molar-refractivity contribution >= 4 is 28.6 Å². The number of ether oxygens (including phenoxy) is 3. The van der Waals surface area contributed by atoms with E-state index in [9.17, 15) is 4.79 Å². The van der Waals surface area contributed by atoms with Gasteiger partial charge in [-0.25, -0.2) is 4.79 Å². The molecule has 0 aromatic rings. The molecular weight excluding hydrogens is 371 g/mol. The summed E-state index contributed by atoms with van der Waals surface area (Å²) in [6.45, 7) is 3.77. The van der Waals surface area contributed by atoms with Gasteiger partial charge in [-0.3, -0.25) is 0 Å². The van der Waals surface area contributed by atoms with Gasteiger partial charge in [-0.1, -0.05) is 22.6 Å². The monoisotopic (exact) mass is 392 g/mol. The topological polar surface area (TPSA) is 44.8 Å². The van der Waals surface area contributed by atoms with Gasteiger partial charge in [-0.05, 0) is 37.5 Å². The highest BCUT2D eigenvalue weighted by molar-refractivity contribution is 14.1.